The third-order valence-electron chi connectivity index (χ3n) is 5.99. The zero-order chi connectivity index (χ0) is 22.7. The van der Waals surface area contributed by atoms with E-state index in [2.05, 4.69) is 10.3 Å². The first-order valence-electron chi connectivity index (χ1n) is 10.8. The van der Waals surface area contributed by atoms with Gasteiger partial charge >= 0.3 is 0 Å². The molecule has 0 saturated carbocycles. The number of nitrogens with zero attached hydrogens (tertiary/aromatic N) is 3. The highest BCUT2D eigenvalue weighted by atomic mass is 32.1. The summed E-state index contributed by atoms with van der Waals surface area (Å²) in [5.74, 6) is -0.385. The summed E-state index contributed by atoms with van der Waals surface area (Å²) in [5, 5.41) is 13.1. The maximum absolute atomic E-state index is 13.1. The summed E-state index contributed by atoms with van der Waals surface area (Å²) in [7, 11) is 0. The number of carbonyl (C=O) groups excluding carboxylic acids is 2. The number of aliphatic hydroxyl groups excluding tert-OH is 1. The quantitative estimate of drug-likeness (QED) is 0.703. The van der Waals surface area contributed by atoms with Crippen LogP contribution in [-0.2, 0) is 16.1 Å². The van der Waals surface area contributed by atoms with E-state index in [1.807, 2.05) is 73.0 Å². The molecule has 2 aromatic rings. The van der Waals surface area contributed by atoms with Gasteiger partial charge in [0.05, 0.1) is 22.2 Å². The van der Waals surface area contributed by atoms with Gasteiger partial charge in [0.25, 0.3) is 0 Å². The van der Waals surface area contributed by atoms with Crippen LogP contribution in [0.15, 0.2) is 54.2 Å². The van der Waals surface area contributed by atoms with Crippen LogP contribution < -0.4 is 5.32 Å². The van der Waals surface area contributed by atoms with Crippen molar-refractivity contribution in [2.24, 2.45) is 0 Å². The largest absolute Gasteiger partial charge is 0.391 e. The Morgan fingerprint density at radius 3 is 2.72 bits per heavy atom. The lowest BCUT2D eigenvalue weighted by Crippen LogP contribution is -2.51. The molecule has 1 aromatic carbocycles. The zero-order valence-electron chi connectivity index (χ0n) is 18.3. The molecule has 2 N–H and O–H groups in total. The molecule has 32 heavy (non-hydrogen) atoms. The average Bonchev–Trinajstić information content (AvgIpc) is 3.43. The normalized spacial score (nSPS) is 21.1. The van der Waals surface area contributed by atoms with E-state index in [-0.39, 0.29) is 24.8 Å². The Kier molecular flexibility index (Phi) is 6.72. The summed E-state index contributed by atoms with van der Waals surface area (Å²) in [6.07, 6.45) is 7.24. The van der Waals surface area contributed by atoms with Gasteiger partial charge in [-0.25, -0.2) is 4.98 Å². The smallest absolute Gasteiger partial charge is 0.245 e. The molecule has 168 valence electrons. The second-order valence-electron chi connectivity index (χ2n) is 8.22. The molecule has 0 bridgehead atoms. The SMILES string of the molecule is Cc1ncsc1-c1ccc(CNC(=O)[C@@H]2C[C@@H](O)CN2C(=O)C(C)N2C=CC=CC2)cc1. The number of nitrogens with one attached hydrogen (secondary N) is 1. The van der Waals surface area contributed by atoms with Crippen LogP contribution in [0.2, 0.25) is 0 Å². The monoisotopic (exact) mass is 452 g/mol. The predicted molar refractivity (Wildman–Crippen MR) is 125 cm³/mol. The Morgan fingerprint density at radius 1 is 1.28 bits per heavy atom. The Hall–Kier alpha value is -2.97. The molecule has 3 heterocycles. The van der Waals surface area contributed by atoms with Gasteiger partial charge in [-0.1, -0.05) is 36.4 Å². The summed E-state index contributed by atoms with van der Waals surface area (Å²) in [4.78, 5) is 34.9. The van der Waals surface area contributed by atoms with Crippen molar-refractivity contribution in [3.63, 3.8) is 0 Å². The van der Waals surface area contributed by atoms with Gasteiger partial charge in [0.1, 0.15) is 12.1 Å². The molecule has 1 aromatic heterocycles. The van der Waals surface area contributed by atoms with Gasteiger partial charge in [-0.3, -0.25) is 9.59 Å². The molecule has 8 heteroatoms. The molecule has 3 atom stereocenters. The number of carbonyl (C=O) groups is 2. The fourth-order valence-electron chi connectivity index (χ4n) is 4.12. The molecular formula is C24H28N4O3S. The van der Waals surface area contributed by atoms with Gasteiger partial charge in [-0.05, 0) is 31.1 Å². The first-order valence-corrected chi connectivity index (χ1v) is 11.7. The van der Waals surface area contributed by atoms with Gasteiger partial charge in [0, 0.05) is 32.3 Å². The van der Waals surface area contributed by atoms with Gasteiger partial charge in [-0.15, -0.1) is 11.3 Å². The topological polar surface area (TPSA) is 85.8 Å². The van der Waals surface area contributed by atoms with Crippen LogP contribution in [0.1, 0.15) is 24.6 Å². The molecule has 0 spiro atoms. The molecule has 4 rings (SSSR count). The molecule has 2 amide bonds. The first-order chi connectivity index (χ1) is 15.4. The number of rotatable bonds is 6. The standard InChI is InChI=1S/C24H28N4O3S/c1-16-22(32-15-26-16)19-8-6-18(7-9-19)13-25-23(30)21-12-20(29)14-28(21)24(31)17(2)27-10-4-3-5-11-27/h3-10,15,17,20-21,29H,11-14H2,1-2H3,(H,25,30)/t17?,20-,21+/m1/s1. The van der Waals surface area contributed by atoms with Gasteiger partial charge in [0.15, 0.2) is 0 Å². The molecule has 0 radical (unpaired) electrons. The lowest BCUT2D eigenvalue weighted by Gasteiger charge is -2.32. The van der Waals surface area contributed by atoms with E-state index in [1.165, 1.54) is 4.90 Å². The number of aromatic nitrogens is 1. The third-order valence-corrected chi connectivity index (χ3v) is 6.97. The van der Waals surface area contributed by atoms with Crippen molar-refractivity contribution in [3.8, 4) is 10.4 Å². The van der Waals surface area contributed by atoms with Crippen molar-refractivity contribution >= 4 is 23.2 Å². The van der Waals surface area contributed by atoms with Crippen LogP contribution in [0.25, 0.3) is 10.4 Å². The van der Waals surface area contributed by atoms with Crippen molar-refractivity contribution in [1.82, 2.24) is 20.1 Å². The molecule has 2 aliphatic heterocycles. The number of likely N-dealkylation sites (tertiary alicyclic amines) is 1. The van der Waals surface area contributed by atoms with E-state index in [4.69, 9.17) is 0 Å². The number of thiazole rings is 1. The molecule has 0 aliphatic carbocycles. The van der Waals surface area contributed by atoms with Crippen molar-refractivity contribution in [2.75, 3.05) is 13.1 Å². The number of hydrogen-bond acceptors (Lipinski definition) is 6. The van der Waals surface area contributed by atoms with E-state index in [0.29, 0.717) is 13.1 Å². The van der Waals surface area contributed by atoms with Crippen molar-refractivity contribution in [2.45, 2.75) is 45.0 Å². The predicted octanol–water partition coefficient (Wildman–Crippen LogP) is 2.47. The first kappa shape index (κ1) is 22.2. The maximum atomic E-state index is 13.1. The van der Waals surface area contributed by atoms with Crippen LogP contribution in [0, 0.1) is 6.92 Å². The fourth-order valence-corrected chi connectivity index (χ4v) is 4.93. The average molecular weight is 453 g/mol. The zero-order valence-corrected chi connectivity index (χ0v) is 19.1. The highest BCUT2D eigenvalue weighted by Gasteiger charge is 2.40. The van der Waals surface area contributed by atoms with Crippen LogP contribution in [0.4, 0.5) is 0 Å². The number of β-amino-alcohol motifs (C(OH)–C–C–N with tert-alkyl or cyclic N) is 1. The van der Waals surface area contributed by atoms with E-state index in [9.17, 15) is 14.7 Å². The Labute approximate surface area is 192 Å². The third kappa shape index (κ3) is 4.76. The maximum Gasteiger partial charge on any atom is 0.245 e. The van der Waals surface area contributed by atoms with E-state index >= 15 is 0 Å². The number of aliphatic hydroxyl groups is 1. The number of allylic oxidation sites excluding steroid dienone is 2. The second-order valence-corrected chi connectivity index (χ2v) is 9.07. The molecule has 1 unspecified atom stereocenters. The minimum absolute atomic E-state index is 0.147. The Morgan fingerprint density at radius 2 is 2.06 bits per heavy atom. The second kappa shape index (κ2) is 9.67. The van der Waals surface area contributed by atoms with Crippen molar-refractivity contribution < 1.29 is 14.7 Å². The Balaban J connectivity index is 1.37. The minimum atomic E-state index is -0.694. The molecule has 1 fully saturated rings. The molecule has 2 aliphatic rings. The van der Waals surface area contributed by atoms with E-state index in [1.54, 1.807) is 11.3 Å². The van der Waals surface area contributed by atoms with Gasteiger partial charge in [0.2, 0.25) is 11.8 Å². The summed E-state index contributed by atoms with van der Waals surface area (Å²) in [6.45, 7) is 5.01. The lowest BCUT2D eigenvalue weighted by molar-refractivity contribution is -0.141. The van der Waals surface area contributed by atoms with Crippen LogP contribution in [0.5, 0.6) is 0 Å². The van der Waals surface area contributed by atoms with E-state index < -0.39 is 18.2 Å². The fraction of sp³-hybridized carbons (Fsp3) is 0.375. The van der Waals surface area contributed by atoms with Crippen molar-refractivity contribution in [1.29, 1.82) is 0 Å². The minimum Gasteiger partial charge on any atom is -0.391 e. The van der Waals surface area contributed by atoms with Gasteiger partial charge in [-0.2, -0.15) is 0 Å². The van der Waals surface area contributed by atoms with Crippen LogP contribution in [-0.4, -0.2) is 63.0 Å². The highest BCUT2D eigenvalue weighted by molar-refractivity contribution is 7.13. The van der Waals surface area contributed by atoms with E-state index in [0.717, 1.165) is 21.7 Å². The Bertz CT molecular complexity index is 1030. The van der Waals surface area contributed by atoms with Gasteiger partial charge < -0.3 is 20.2 Å². The summed E-state index contributed by atoms with van der Waals surface area (Å²) >= 11 is 1.61. The number of amides is 2. The molecular weight excluding hydrogens is 424 g/mol. The number of aryl methyl sites for hydroxylation is 1. The summed E-state index contributed by atoms with van der Waals surface area (Å²) in [5.41, 5.74) is 4.91. The van der Waals surface area contributed by atoms with Crippen LogP contribution in [0.3, 0.4) is 0 Å². The van der Waals surface area contributed by atoms with Crippen molar-refractivity contribution in [3.05, 3.63) is 65.5 Å². The molecule has 7 nitrogen and oxygen atoms in total. The lowest BCUT2D eigenvalue weighted by atomic mass is 10.1. The summed E-state index contributed by atoms with van der Waals surface area (Å²) < 4.78 is 0. The highest BCUT2D eigenvalue weighted by Crippen LogP contribution is 2.27. The molecule has 1 saturated heterocycles. The number of benzene rings is 1. The number of hydrogen-bond donors (Lipinski definition) is 2. The summed E-state index contributed by atoms with van der Waals surface area (Å²) in [6, 6.07) is 6.96. The van der Waals surface area contributed by atoms with Crippen LogP contribution >= 0.6 is 11.3 Å².